The van der Waals surface area contributed by atoms with Crippen LogP contribution in [0.2, 0.25) is 0 Å². The third kappa shape index (κ3) is 5.71. The van der Waals surface area contributed by atoms with E-state index in [1.807, 2.05) is 13.8 Å². The van der Waals surface area contributed by atoms with Crippen LogP contribution in [0.25, 0.3) is 0 Å². The second-order valence-electron chi connectivity index (χ2n) is 5.25. The summed E-state index contributed by atoms with van der Waals surface area (Å²) in [5.41, 5.74) is -0.126. The molecule has 1 N–H and O–H groups in total. The lowest BCUT2D eigenvalue weighted by atomic mass is 10.1. The highest BCUT2D eigenvalue weighted by molar-refractivity contribution is 7.92. The summed E-state index contributed by atoms with van der Waals surface area (Å²) >= 11 is 0. The van der Waals surface area contributed by atoms with Gasteiger partial charge < -0.3 is 5.32 Å². The van der Waals surface area contributed by atoms with Crippen LogP contribution in [0.15, 0.2) is 24.3 Å². The van der Waals surface area contributed by atoms with E-state index < -0.39 is 28.3 Å². The number of carbonyl (C=O) groups is 1. The van der Waals surface area contributed by atoms with Crippen LogP contribution in [0.1, 0.15) is 20.3 Å². The molecule has 0 atom stereocenters. The number of hydrogen-bond acceptors (Lipinski definition) is 3. The maximum absolute atomic E-state index is 13.7. The molecule has 0 heterocycles. The van der Waals surface area contributed by atoms with Crippen LogP contribution < -0.4 is 9.62 Å². The number of anilines is 1. The van der Waals surface area contributed by atoms with Crippen LogP contribution >= 0.6 is 0 Å². The fraction of sp³-hybridized carbons (Fsp3) is 0.500. The Balaban J connectivity index is 2.82. The lowest BCUT2D eigenvalue weighted by molar-refractivity contribution is -0.119. The number of amides is 1. The Hall–Kier alpha value is -1.63. The average molecular weight is 316 g/mol. The number of nitrogens with zero attached hydrogens (tertiary/aromatic N) is 1. The van der Waals surface area contributed by atoms with Gasteiger partial charge >= 0.3 is 0 Å². The summed E-state index contributed by atoms with van der Waals surface area (Å²) in [6, 6.07) is 5.47. The SMILES string of the molecule is CC(C)CCNC(=O)CN(c1ccccc1F)S(C)(=O)=O. The largest absolute Gasteiger partial charge is 0.355 e. The van der Waals surface area contributed by atoms with Crippen LogP contribution in [-0.4, -0.2) is 33.7 Å². The normalized spacial score (nSPS) is 11.5. The Bertz CT molecular complexity index is 588. The smallest absolute Gasteiger partial charge is 0.240 e. The summed E-state index contributed by atoms with van der Waals surface area (Å²) in [5, 5.41) is 2.64. The van der Waals surface area contributed by atoms with Crippen LogP contribution in [0, 0.1) is 11.7 Å². The van der Waals surface area contributed by atoms with Crippen molar-refractivity contribution in [2.75, 3.05) is 23.7 Å². The first kappa shape index (κ1) is 17.4. The van der Waals surface area contributed by atoms with Crippen LogP contribution in [0.3, 0.4) is 0 Å². The van der Waals surface area contributed by atoms with Crippen molar-refractivity contribution in [1.82, 2.24) is 5.32 Å². The third-order valence-corrected chi connectivity index (χ3v) is 3.98. The Kier molecular flexibility index (Phi) is 6.14. The predicted molar refractivity (Wildman–Crippen MR) is 81.1 cm³/mol. The zero-order chi connectivity index (χ0) is 16.0. The second-order valence-corrected chi connectivity index (χ2v) is 7.16. The van der Waals surface area contributed by atoms with Gasteiger partial charge in [0.05, 0.1) is 11.9 Å². The van der Waals surface area contributed by atoms with Gasteiger partial charge in [-0.15, -0.1) is 0 Å². The van der Waals surface area contributed by atoms with E-state index in [1.54, 1.807) is 0 Å². The minimum absolute atomic E-state index is 0.126. The van der Waals surface area contributed by atoms with Crippen LogP contribution in [-0.2, 0) is 14.8 Å². The second kappa shape index (κ2) is 7.40. The van der Waals surface area contributed by atoms with Crippen LogP contribution in [0.5, 0.6) is 0 Å². The molecule has 1 aromatic carbocycles. The molecule has 0 saturated heterocycles. The van der Waals surface area contributed by atoms with E-state index in [0.717, 1.165) is 23.0 Å². The summed E-state index contributed by atoms with van der Waals surface area (Å²) in [4.78, 5) is 11.8. The van der Waals surface area contributed by atoms with Crippen molar-refractivity contribution < 1.29 is 17.6 Å². The lowest BCUT2D eigenvalue weighted by Crippen LogP contribution is -2.41. The molecule has 118 valence electrons. The number of rotatable bonds is 7. The zero-order valence-electron chi connectivity index (χ0n) is 12.5. The van der Waals surface area contributed by atoms with Crippen molar-refractivity contribution in [2.45, 2.75) is 20.3 Å². The van der Waals surface area contributed by atoms with E-state index in [4.69, 9.17) is 0 Å². The van der Waals surface area contributed by atoms with Crippen molar-refractivity contribution in [3.05, 3.63) is 30.1 Å². The number of hydrogen-bond donors (Lipinski definition) is 1. The average Bonchev–Trinajstić information content (AvgIpc) is 2.35. The van der Waals surface area contributed by atoms with E-state index >= 15 is 0 Å². The maximum atomic E-state index is 13.7. The van der Waals surface area contributed by atoms with Crippen molar-refractivity contribution in [3.63, 3.8) is 0 Å². The molecular formula is C14H21FN2O3S. The van der Waals surface area contributed by atoms with Gasteiger partial charge in [0.25, 0.3) is 0 Å². The van der Waals surface area contributed by atoms with Crippen molar-refractivity contribution in [2.24, 2.45) is 5.92 Å². The van der Waals surface area contributed by atoms with Crippen molar-refractivity contribution in [1.29, 1.82) is 0 Å². The van der Waals surface area contributed by atoms with E-state index in [1.165, 1.54) is 18.2 Å². The van der Waals surface area contributed by atoms with E-state index in [2.05, 4.69) is 5.32 Å². The van der Waals surface area contributed by atoms with Crippen molar-refractivity contribution >= 4 is 21.6 Å². The van der Waals surface area contributed by atoms with E-state index in [0.29, 0.717) is 12.5 Å². The van der Waals surface area contributed by atoms with Gasteiger partial charge in [-0.25, -0.2) is 12.8 Å². The minimum atomic E-state index is -3.74. The Morgan fingerprint density at radius 2 is 1.95 bits per heavy atom. The third-order valence-electron chi connectivity index (χ3n) is 2.85. The molecule has 21 heavy (non-hydrogen) atoms. The molecule has 0 saturated carbocycles. The first-order valence-electron chi connectivity index (χ1n) is 6.70. The van der Waals surface area contributed by atoms with Gasteiger partial charge in [0.15, 0.2) is 0 Å². The fourth-order valence-corrected chi connectivity index (χ4v) is 2.58. The summed E-state index contributed by atoms with van der Waals surface area (Å²) in [6.45, 7) is 4.08. The molecule has 0 fully saturated rings. The molecule has 0 aliphatic heterocycles. The van der Waals surface area contributed by atoms with Crippen molar-refractivity contribution in [3.8, 4) is 0 Å². The quantitative estimate of drug-likeness (QED) is 0.833. The highest BCUT2D eigenvalue weighted by Gasteiger charge is 2.23. The molecule has 0 aliphatic carbocycles. The molecule has 0 radical (unpaired) electrons. The molecule has 5 nitrogen and oxygen atoms in total. The van der Waals surface area contributed by atoms with Gasteiger partial charge in [0.1, 0.15) is 12.4 Å². The summed E-state index contributed by atoms with van der Waals surface area (Å²) in [6.07, 6.45) is 1.74. The van der Waals surface area contributed by atoms with Crippen LogP contribution in [0.4, 0.5) is 10.1 Å². The molecule has 0 spiro atoms. The standard InChI is InChI=1S/C14H21FN2O3S/c1-11(2)8-9-16-14(18)10-17(21(3,19)20)13-7-5-4-6-12(13)15/h4-7,11H,8-10H2,1-3H3,(H,16,18). The minimum Gasteiger partial charge on any atom is -0.355 e. The Morgan fingerprint density at radius 3 is 2.48 bits per heavy atom. The van der Waals surface area contributed by atoms with E-state index in [9.17, 15) is 17.6 Å². The van der Waals surface area contributed by atoms with E-state index in [-0.39, 0.29) is 5.69 Å². The molecule has 1 rings (SSSR count). The van der Waals surface area contributed by atoms with Gasteiger partial charge in [-0.05, 0) is 24.5 Å². The number of benzene rings is 1. The molecule has 7 heteroatoms. The Labute approximate surface area is 125 Å². The summed E-state index contributed by atoms with van der Waals surface area (Å²) in [7, 11) is -3.74. The van der Waals surface area contributed by atoms with Gasteiger partial charge in [0.2, 0.25) is 15.9 Å². The topological polar surface area (TPSA) is 66.5 Å². The molecule has 1 aromatic rings. The lowest BCUT2D eigenvalue weighted by Gasteiger charge is -2.22. The number of carbonyl (C=O) groups excluding carboxylic acids is 1. The zero-order valence-corrected chi connectivity index (χ0v) is 13.3. The molecule has 0 unspecified atom stereocenters. The van der Waals surface area contributed by atoms with Gasteiger partial charge in [-0.3, -0.25) is 9.10 Å². The predicted octanol–water partition coefficient (Wildman–Crippen LogP) is 1.75. The first-order chi connectivity index (χ1) is 9.71. The fourth-order valence-electron chi connectivity index (χ4n) is 1.72. The van der Waals surface area contributed by atoms with Gasteiger partial charge in [-0.1, -0.05) is 26.0 Å². The first-order valence-corrected chi connectivity index (χ1v) is 8.55. The highest BCUT2D eigenvalue weighted by Crippen LogP contribution is 2.20. The number of nitrogens with one attached hydrogen (secondary N) is 1. The van der Waals surface area contributed by atoms with Gasteiger partial charge in [0, 0.05) is 6.54 Å². The summed E-state index contributed by atoms with van der Waals surface area (Å²) < 4.78 is 38.1. The Morgan fingerprint density at radius 1 is 1.33 bits per heavy atom. The molecule has 0 aromatic heterocycles. The maximum Gasteiger partial charge on any atom is 0.240 e. The monoisotopic (exact) mass is 316 g/mol. The number of para-hydroxylation sites is 1. The summed E-state index contributed by atoms with van der Waals surface area (Å²) in [5.74, 6) is -0.704. The molecule has 1 amide bonds. The molecule has 0 aliphatic rings. The molecule has 0 bridgehead atoms. The number of halogens is 1. The highest BCUT2D eigenvalue weighted by atomic mass is 32.2. The number of sulfonamides is 1. The molecular weight excluding hydrogens is 295 g/mol. The van der Waals surface area contributed by atoms with Gasteiger partial charge in [-0.2, -0.15) is 0 Å².